The quantitative estimate of drug-likeness (QED) is 0.598. The zero-order valence-electron chi connectivity index (χ0n) is 13.8. The predicted molar refractivity (Wildman–Crippen MR) is 106 cm³/mol. The molecule has 4 nitrogen and oxygen atoms in total. The third-order valence-electron chi connectivity index (χ3n) is 3.83. The number of para-hydroxylation sites is 1. The molecular formula is C19H15Cl3N2O2. The topological polar surface area (TPSA) is 62.2 Å². The largest absolute Gasteiger partial charge is 0.392 e. The zero-order valence-corrected chi connectivity index (χ0v) is 16.0. The second-order valence-corrected chi connectivity index (χ2v) is 7.02. The SMILES string of the molecule is C[C@H](O)CNC(=O)c1cc(-c2ccc(Cl)c(Cl)c2Cl)nc2ccccc12. The van der Waals surface area contributed by atoms with Crippen molar-refractivity contribution in [3.8, 4) is 11.3 Å². The molecule has 1 aromatic heterocycles. The third-order valence-corrected chi connectivity index (χ3v) is 5.12. The molecule has 0 unspecified atom stereocenters. The number of benzene rings is 2. The van der Waals surface area contributed by atoms with Crippen molar-refractivity contribution in [2.24, 2.45) is 0 Å². The number of fused-ring (bicyclic) bond motifs is 1. The third kappa shape index (κ3) is 3.79. The summed E-state index contributed by atoms with van der Waals surface area (Å²) >= 11 is 18.5. The molecule has 7 heteroatoms. The van der Waals surface area contributed by atoms with Crippen LogP contribution in [0.15, 0.2) is 42.5 Å². The number of carbonyl (C=O) groups excluding carboxylic acids is 1. The molecule has 1 heterocycles. The van der Waals surface area contributed by atoms with Crippen LogP contribution in [0.2, 0.25) is 15.1 Å². The number of aromatic nitrogens is 1. The summed E-state index contributed by atoms with van der Waals surface area (Å²) in [4.78, 5) is 17.2. The molecule has 1 amide bonds. The van der Waals surface area contributed by atoms with Crippen LogP contribution in [0.4, 0.5) is 0 Å². The fourth-order valence-electron chi connectivity index (χ4n) is 2.56. The van der Waals surface area contributed by atoms with Crippen molar-refractivity contribution < 1.29 is 9.90 Å². The van der Waals surface area contributed by atoms with Gasteiger partial charge in [0, 0.05) is 17.5 Å². The molecule has 0 aliphatic carbocycles. The number of halogens is 3. The minimum Gasteiger partial charge on any atom is -0.392 e. The van der Waals surface area contributed by atoms with Crippen LogP contribution >= 0.6 is 34.8 Å². The van der Waals surface area contributed by atoms with E-state index in [-0.39, 0.29) is 22.5 Å². The first-order valence-electron chi connectivity index (χ1n) is 7.88. The fraction of sp³-hybridized carbons (Fsp3) is 0.158. The Hall–Kier alpha value is -1.85. The lowest BCUT2D eigenvalue weighted by Gasteiger charge is -2.13. The van der Waals surface area contributed by atoms with E-state index < -0.39 is 6.10 Å². The van der Waals surface area contributed by atoms with E-state index in [2.05, 4.69) is 10.3 Å². The minimum absolute atomic E-state index is 0.151. The maximum Gasteiger partial charge on any atom is 0.252 e. The highest BCUT2D eigenvalue weighted by atomic mass is 35.5. The van der Waals surface area contributed by atoms with Gasteiger partial charge < -0.3 is 10.4 Å². The second kappa shape index (κ2) is 7.80. The molecule has 134 valence electrons. The van der Waals surface area contributed by atoms with Crippen molar-refractivity contribution in [1.29, 1.82) is 0 Å². The van der Waals surface area contributed by atoms with Crippen LogP contribution in [-0.2, 0) is 0 Å². The molecule has 2 aromatic carbocycles. The molecule has 26 heavy (non-hydrogen) atoms. The zero-order chi connectivity index (χ0) is 18.8. The van der Waals surface area contributed by atoms with Crippen molar-refractivity contribution in [2.45, 2.75) is 13.0 Å². The maximum absolute atomic E-state index is 12.6. The summed E-state index contributed by atoms with van der Waals surface area (Å²) in [7, 11) is 0. The summed E-state index contributed by atoms with van der Waals surface area (Å²) in [6.07, 6.45) is -0.643. The molecule has 1 atom stereocenters. The van der Waals surface area contributed by atoms with Gasteiger partial charge >= 0.3 is 0 Å². The Morgan fingerprint density at radius 3 is 2.62 bits per heavy atom. The van der Waals surface area contributed by atoms with Gasteiger partial charge in [-0.2, -0.15) is 0 Å². The van der Waals surface area contributed by atoms with E-state index in [4.69, 9.17) is 34.8 Å². The fourth-order valence-corrected chi connectivity index (χ4v) is 3.19. The van der Waals surface area contributed by atoms with Crippen molar-refractivity contribution in [2.75, 3.05) is 6.54 Å². The highest BCUT2D eigenvalue weighted by molar-refractivity contribution is 6.49. The molecule has 0 saturated carbocycles. The molecular weight excluding hydrogens is 395 g/mol. The molecule has 0 fully saturated rings. The van der Waals surface area contributed by atoms with Gasteiger partial charge in [-0.15, -0.1) is 0 Å². The molecule has 3 aromatic rings. The first-order chi connectivity index (χ1) is 12.4. The van der Waals surface area contributed by atoms with Gasteiger partial charge in [-0.25, -0.2) is 4.98 Å². The van der Waals surface area contributed by atoms with Crippen LogP contribution in [0, 0.1) is 0 Å². The van der Waals surface area contributed by atoms with Gasteiger partial charge in [0.2, 0.25) is 0 Å². The molecule has 0 radical (unpaired) electrons. The van der Waals surface area contributed by atoms with Crippen LogP contribution in [-0.4, -0.2) is 28.6 Å². The number of pyridine rings is 1. The smallest absolute Gasteiger partial charge is 0.252 e. The number of hydrogen-bond donors (Lipinski definition) is 2. The van der Waals surface area contributed by atoms with Crippen molar-refractivity contribution in [1.82, 2.24) is 10.3 Å². The minimum atomic E-state index is -0.643. The lowest BCUT2D eigenvalue weighted by Crippen LogP contribution is -2.30. The number of nitrogens with zero attached hydrogens (tertiary/aromatic N) is 1. The standard InChI is InChI=1S/C19H15Cl3N2O2/c1-10(25)9-23-19(26)13-8-16(24-15-5-3-2-4-11(13)15)12-6-7-14(20)18(22)17(12)21/h2-8,10,25H,9H2,1H3,(H,23,26)/t10-/m0/s1. The molecule has 2 N–H and O–H groups in total. The van der Waals surface area contributed by atoms with Crippen molar-refractivity contribution in [3.05, 3.63) is 63.1 Å². The van der Waals surface area contributed by atoms with Crippen LogP contribution in [0.25, 0.3) is 22.2 Å². The van der Waals surface area contributed by atoms with Gasteiger partial charge in [-0.1, -0.05) is 53.0 Å². The number of rotatable bonds is 4. The van der Waals surface area contributed by atoms with Crippen molar-refractivity contribution in [3.63, 3.8) is 0 Å². The first-order valence-corrected chi connectivity index (χ1v) is 9.01. The van der Waals surface area contributed by atoms with Gasteiger partial charge in [-0.05, 0) is 31.2 Å². The maximum atomic E-state index is 12.6. The average Bonchev–Trinajstić information content (AvgIpc) is 2.63. The van der Waals surface area contributed by atoms with Gasteiger partial charge in [0.1, 0.15) is 0 Å². The van der Waals surface area contributed by atoms with Gasteiger partial charge in [-0.3, -0.25) is 4.79 Å². The Morgan fingerprint density at radius 2 is 1.88 bits per heavy atom. The van der Waals surface area contributed by atoms with E-state index in [9.17, 15) is 9.90 Å². The molecule has 3 rings (SSSR count). The van der Waals surface area contributed by atoms with Crippen molar-refractivity contribution >= 4 is 51.6 Å². The Kier molecular flexibility index (Phi) is 5.68. The van der Waals surface area contributed by atoms with Gasteiger partial charge in [0.25, 0.3) is 5.91 Å². The number of amides is 1. The lowest BCUT2D eigenvalue weighted by atomic mass is 10.0. The van der Waals surface area contributed by atoms with Crippen LogP contribution < -0.4 is 5.32 Å². The number of carbonyl (C=O) groups is 1. The monoisotopic (exact) mass is 408 g/mol. The molecule has 0 aliphatic heterocycles. The summed E-state index contributed by atoms with van der Waals surface area (Å²) in [5.41, 5.74) is 2.17. The number of nitrogens with one attached hydrogen (secondary N) is 1. The Balaban J connectivity index is 2.17. The summed E-state index contributed by atoms with van der Waals surface area (Å²) < 4.78 is 0. The van der Waals surface area contributed by atoms with Crippen LogP contribution in [0.5, 0.6) is 0 Å². The first kappa shape index (κ1) is 18.9. The summed E-state index contributed by atoms with van der Waals surface area (Å²) in [6.45, 7) is 1.75. The second-order valence-electron chi connectivity index (χ2n) is 5.85. The number of aliphatic hydroxyl groups excluding tert-OH is 1. The highest BCUT2D eigenvalue weighted by Crippen LogP contribution is 2.38. The average molecular weight is 410 g/mol. The predicted octanol–water partition coefficient (Wildman–Crippen LogP) is 4.97. The number of hydrogen-bond acceptors (Lipinski definition) is 3. The number of aliphatic hydroxyl groups is 1. The summed E-state index contributed by atoms with van der Waals surface area (Å²) in [5.74, 6) is -0.304. The Labute approximate surface area is 165 Å². The van der Waals surface area contributed by atoms with E-state index >= 15 is 0 Å². The van der Waals surface area contributed by atoms with E-state index in [0.29, 0.717) is 32.7 Å². The van der Waals surface area contributed by atoms with E-state index in [1.807, 2.05) is 24.3 Å². The van der Waals surface area contributed by atoms with Gasteiger partial charge in [0.05, 0.1) is 37.9 Å². The summed E-state index contributed by atoms with van der Waals surface area (Å²) in [6, 6.07) is 12.3. The van der Waals surface area contributed by atoms with Gasteiger partial charge in [0.15, 0.2) is 0 Å². The van der Waals surface area contributed by atoms with E-state index in [1.54, 1.807) is 25.1 Å². The lowest BCUT2D eigenvalue weighted by molar-refractivity contribution is 0.0925. The highest BCUT2D eigenvalue weighted by Gasteiger charge is 2.17. The molecule has 0 bridgehead atoms. The van der Waals surface area contributed by atoms with E-state index in [1.165, 1.54) is 0 Å². The Morgan fingerprint density at radius 1 is 1.15 bits per heavy atom. The summed E-state index contributed by atoms with van der Waals surface area (Å²) in [5, 5.41) is 13.7. The normalized spacial score (nSPS) is 12.2. The Bertz CT molecular complexity index is 990. The molecule has 0 aliphatic rings. The molecule has 0 spiro atoms. The van der Waals surface area contributed by atoms with Crippen LogP contribution in [0.3, 0.4) is 0 Å². The molecule has 0 saturated heterocycles. The van der Waals surface area contributed by atoms with E-state index in [0.717, 1.165) is 0 Å². The van der Waals surface area contributed by atoms with Crippen LogP contribution in [0.1, 0.15) is 17.3 Å².